The van der Waals surface area contributed by atoms with Crippen molar-refractivity contribution in [2.75, 3.05) is 49.1 Å². The van der Waals surface area contributed by atoms with Crippen molar-refractivity contribution in [1.82, 2.24) is 14.7 Å². The average Bonchev–Trinajstić information content (AvgIpc) is 3.34. The average molecular weight is 592 g/mol. The fourth-order valence-electron chi connectivity index (χ4n) is 5.86. The normalized spacial score (nSPS) is 18.6. The standard InChI is InChI=1S/C30H34ClF4N5O/c1-20-18-36-40(27(20)30(33,34)35)24-5-4-12-39(19-24)26-17-22(31)8-11-25(26)21-6-9-23(10-7-21)37-13-15-38(16-14-37)28(41)29(2,3)32/h6-11,17-18,24H,4-5,12-16,19H2,1-3H3. The lowest BCUT2D eigenvalue weighted by atomic mass is 9.99. The van der Waals surface area contributed by atoms with Crippen LogP contribution in [-0.2, 0) is 11.0 Å². The van der Waals surface area contributed by atoms with Gasteiger partial charge in [0, 0.05) is 61.2 Å². The lowest BCUT2D eigenvalue weighted by Gasteiger charge is -2.38. The second-order valence-electron chi connectivity index (χ2n) is 11.3. The second-order valence-corrected chi connectivity index (χ2v) is 11.8. The van der Waals surface area contributed by atoms with Crippen molar-refractivity contribution in [3.05, 3.63) is 64.9 Å². The molecule has 2 aromatic carbocycles. The summed E-state index contributed by atoms with van der Waals surface area (Å²) in [6, 6.07) is 13.3. The van der Waals surface area contributed by atoms with E-state index < -0.39 is 29.5 Å². The van der Waals surface area contributed by atoms with Crippen molar-refractivity contribution in [2.24, 2.45) is 0 Å². The van der Waals surface area contributed by atoms with Gasteiger partial charge in [-0.3, -0.25) is 9.48 Å². The first-order valence-corrected chi connectivity index (χ1v) is 14.2. The maximum absolute atomic E-state index is 14.1. The number of hydrogen-bond donors (Lipinski definition) is 0. The number of amides is 1. The number of carbonyl (C=O) groups excluding carboxylic acids is 1. The summed E-state index contributed by atoms with van der Waals surface area (Å²) < 4.78 is 56.6. The van der Waals surface area contributed by atoms with Crippen LogP contribution in [0.4, 0.5) is 28.9 Å². The first-order chi connectivity index (χ1) is 19.3. The quantitative estimate of drug-likeness (QED) is 0.307. The monoisotopic (exact) mass is 591 g/mol. The fraction of sp³-hybridized carbons (Fsp3) is 0.467. The molecule has 41 heavy (non-hydrogen) atoms. The van der Waals surface area contributed by atoms with Crippen LogP contribution in [0.15, 0.2) is 48.7 Å². The Morgan fingerprint density at radius 2 is 1.63 bits per heavy atom. The van der Waals surface area contributed by atoms with Crippen LogP contribution >= 0.6 is 11.6 Å². The summed E-state index contributed by atoms with van der Waals surface area (Å²) in [6.45, 7) is 7.21. The predicted molar refractivity (Wildman–Crippen MR) is 153 cm³/mol. The molecule has 2 saturated heterocycles. The van der Waals surface area contributed by atoms with Gasteiger partial charge in [-0.1, -0.05) is 29.8 Å². The molecular weight excluding hydrogens is 558 g/mol. The molecule has 0 aliphatic carbocycles. The summed E-state index contributed by atoms with van der Waals surface area (Å²) in [6.07, 6.45) is -1.86. The number of rotatable bonds is 5. The summed E-state index contributed by atoms with van der Waals surface area (Å²) in [4.78, 5) is 18.1. The Balaban J connectivity index is 1.34. The summed E-state index contributed by atoms with van der Waals surface area (Å²) in [5.74, 6) is -0.486. The Morgan fingerprint density at radius 3 is 2.27 bits per heavy atom. The number of nitrogens with zero attached hydrogens (tertiary/aromatic N) is 5. The van der Waals surface area contributed by atoms with Crippen molar-refractivity contribution in [3.8, 4) is 11.1 Å². The van der Waals surface area contributed by atoms with E-state index in [4.69, 9.17) is 11.6 Å². The minimum absolute atomic E-state index is 0.123. The van der Waals surface area contributed by atoms with Crippen LogP contribution in [0.1, 0.15) is 44.0 Å². The summed E-state index contributed by atoms with van der Waals surface area (Å²) in [5.41, 5.74) is 1.32. The molecule has 220 valence electrons. The van der Waals surface area contributed by atoms with E-state index in [1.54, 1.807) is 4.90 Å². The number of alkyl halides is 4. The third kappa shape index (κ3) is 6.17. The molecule has 1 unspecified atom stereocenters. The first kappa shape index (κ1) is 29.2. The van der Waals surface area contributed by atoms with E-state index >= 15 is 0 Å². The molecule has 6 nitrogen and oxygen atoms in total. The van der Waals surface area contributed by atoms with Gasteiger partial charge in [0.05, 0.1) is 12.2 Å². The lowest BCUT2D eigenvalue weighted by molar-refractivity contribution is -0.145. The van der Waals surface area contributed by atoms with Crippen molar-refractivity contribution >= 4 is 28.9 Å². The minimum atomic E-state index is -4.47. The van der Waals surface area contributed by atoms with Crippen LogP contribution in [0.5, 0.6) is 0 Å². The van der Waals surface area contributed by atoms with E-state index in [1.807, 2.05) is 42.5 Å². The molecule has 11 heteroatoms. The van der Waals surface area contributed by atoms with Gasteiger partial charge in [-0.25, -0.2) is 4.39 Å². The zero-order valence-electron chi connectivity index (χ0n) is 23.4. The SMILES string of the molecule is Cc1cnn(C2CCCN(c3cc(Cl)ccc3-c3ccc(N4CCN(C(=O)C(C)(C)F)CC4)cc3)C2)c1C(F)(F)F. The smallest absolute Gasteiger partial charge is 0.369 e. The number of anilines is 2. The van der Waals surface area contributed by atoms with Gasteiger partial charge in [-0.15, -0.1) is 0 Å². The van der Waals surface area contributed by atoms with E-state index in [1.165, 1.54) is 27.0 Å². The zero-order valence-corrected chi connectivity index (χ0v) is 24.1. The molecule has 0 saturated carbocycles. The van der Waals surface area contributed by atoms with E-state index in [2.05, 4.69) is 14.9 Å². The predicted octanol–water partition coefficient (Wildman–Crippen LogP) is 6.77. The fourth-order valence-corrected chi connectivity index (χ4v) is 6.02. The van der Waals surface area contributed by atoms with Crippen molar-refractivity contribution in [2.45, 2.75) is 51.5 Å². The van der Waals surface area contributed by atoms with Crippen molar-refractivity contribution < 1.29 is 22.4 Å². The highest BCUT2D eigenvalue weighted by Crippen LogP contribution is 2.39. The number of aromatic nitrogens is 2. The maximum atomic E-state index is 14.1. The first-order valence-electron chi connectivity index (χ1n) is 13.8. The molecule has 2 fully saturated rings. The number of hydrogen-bond acceptors (Lipinski definition) is 4. The van der Waals surface area contributed by atoms with E-state index in [9.17, 15) is 22.4 Å². The van der Waals surface area contributed by atoms with Gasteiger partial charge in [-0.2, -0.15) is 18.3 Å². The lowest BCUT2D eigenvalue weighted by Crippen LogP contribution is -2.53. The molecule has 0 spiro atoms. The van der Waals surface area contributed by atoms with Gasteiger partial charge in [-0.05, 0) is 69.0 Å². The van der Waals surface area contributed by atoms with E-state index in [0.29, 0.717) is 50.7 Å². The van der Waals surface area contributed by atoms with Crippen LogP contribution in [0, 0.1) is 6.92 Å². The molecule has 0 N–H and O–H groups in total. The highest BCUT2D eigenvalue weighted by Gasteiger charge is 2.39. The number of piperidine rings is 1. The van der Waals surface area contributed by atoms with Crippen molar-refractivity contribution in [3.63, 3.8) is 0 Å². The number of carbonyl (C=O) groups is 1. The molecule has 3 aromatic rings. The van der Waals surface area contributed by atoms with Crippen molar-refractivity contribution in [1.29, 1.82) is 0 Å². The highest BCUT2D eigenvalue weighted by molar-refractivity contribution is 6.31. The minimum Gasteiger partial charge on any atom is -0.369 e. The van der Waals surface area contributed by atoms with E-state index in [-0.39, 0.29) is 5.56 Å². The van der Waals surface area contributed by atoms with Crippen LogP contribution in [0.3, 0.4) is 0 Å². The third-order valence-electron chi connectivity index (χ3n) is 7.91. The Labute approximate surface area is 242 Å². The summed E-state index contributed by atoms with van der Waals surface area (Å²) >= 11 is 6.40. The van der Waals surface area contributed by atoms with Gasteiger partial charge in [0.25, 0.3) is 5.91 Å². The van der Waals surface area contributed by atoms with Crippen LogP contribution in [0.25, 0.3) is 11.1 Å². The van der Waals surface area contributed by atoms with Gasteiger partial charge in [0.2, 0.25) is 0 Å². The Kier molecular flexibility index (Phi) is 7.98. The highest BCUT2D eigenvalue weighted by atomic mass is 35.5. The molecular formula is C30H34ClF4N5O. The molecule has 2 aliphatic rings. The van der Waals surface area contributed by atoms with Crippen LogP contribution in [-0.4, -0.2) is 65.5 Å². The molecule has 1 atom stereocenters. The zero-order chi connectivity index (χ0) is 29.5. The Hall–Kier alpha value is -3.27. The number of halogens is 5. The van der Waals surface area contributed by atoms with Gasteiger partial charge in [0.1, 0.15) is 5.69 Å². The molecule has 2 aliphatic heterocycles. The molecule has 5 rings (SSSR count). The molecule has 1 aromatic heterocycles. The molecule has 1 amide bonds. The molecule has 0 bridgehead atoms. The second kappa shape index (κ2) is 11.2. The summed E-state index contributed by atoms with van der Waals surface area (Å²) in [5, 5.41) is 4.66. The number of aryl methyl sites for hydroxylation is 1. The summed E-state index contributed by atoms with van der Waals surface area (Å²) in [7, 11) is 0. The molecule has 3 heterocycles. The Morgan fingerprint density at radius 1 is 0.951 bits per heavy atom. The largest absolute Gasteiger partial charge is 0.433 e. The molecule has 0 radical (unpaired) electrons. The van der Waals surface area contributed by atoms with Gasteiger partial charge in [0.15, 0.2) is 5.67 Å². The van der Waals surface area contributed by atoms with Gasteiger partial charge < -0.3 is 14.7 Å². The third-order valence-corrected chi connectivity index (χ3v) is 8.14. The number of piperazine rings is 1. The Bertz CT molecular complexity index is 1390. The van der Waals surface area contributed by atoms with Crippen LogP contribution < -0.4 is 9.80 Å². The number of benzene rings is 2. The maximum Gasteiger partial charge on any atom is 0.433 e. The van der Waals surface area contributed by atoms with E-state index in [0.717, 1.165) is 33.6 Å². The van der Waals surface area contributed by atoms with Gasteiger partial charge >= 0.3 is 6.18 Å². The topological polar surface area (TPSA) is 44.6 Å². The van der Waals surface area contributed by atoms with Crippen LogP contribution in [0.2, 0.25) is 5.02 Å².